The van der Waals surface area contributed by atoms with Crippen molar-refractivity contribution in [3.8, 4) is 33.9 Å². The van der Waals surface area contributed by atoms with Gasteiger partial charge in [0.05, 0.1) is 16.1 Å². The van der Waals surface area contributed by atoms with E-state index in [-0.39, 0.29) is 35.3 Å². The molecule has 0 saturated carbocycles. The minimum atomic E-state index is -1.26. The number of halogens is 1. The van der Waals surface area contributed by atoms with Crippen molar-refractivity contribution in [1.29, 1.82) is 0 Å². The fourth-order valence-electron chi connectivity index (χ4n) is 4.03. The molecule has 0 aliphatic carbocycles. The van der Waals surface area contributed by atoms with Gasteiger partial charge in [0.25, 0.3) is 0 Å². The van der Waals surface area contributed by atoms with Crippen molar-refractivity contribution < 1.29 is 28.7 Å². The van der Waals surface area contributed by atoms with Crippen LogP contribution in [0.2, 0.25) is 5.02 Å². The second-order valence-corrected chi connectivity index (χ2v) is 9.01. The largest absolute Gasteiger partial charge is 0.488 e. The lowest BCUT2D eigenvalue weighted by Crippen LogP contribution is -2.01. The SMILES string of the molecule is O=Cc1ccc(-c2c(C(=O)O)noc2-c2cc(Cl)c(OCc3ccccc3)cc2OCc2ccccc2)cc1. The number of carboxylic acid groups (broad SMARTS) is 1. The third kappa shape index (κ3) is 5.84. The van der Waals surface area contributed by atoms with Crippen LogP contribution in [0.4, 0.5) is 0 Å². The number of hydrogen-bond donors (Lipinski definition) is 1. The zero-order valence-electron chi connectivity index (χ0n) is 20.5. The monoisotopic (exact) mass is 539 g/mol. The van der Waals surface area contributed by atoms with E-state index in [9.17, 15) is 14.7 Å². The molecule has 0 atom stereocenters. The van der Waals surface area contributed by atoms with Gasteiger partial charge < -0.3 is 19.1 Å². The summed E-state index contributed by atoms with van der Waals surface area (Å²) in [6, 6.07) is 29.0. The van der Waals surface area contributed by atoms with Crippen LogP contribution in [0.1, 0.15) is 32.0 Å². The molecule has 4 aromatic carbocycles. The van der Waals surface area contributed by atoms with Gasteiger partial charge in [-0.3, -0.25) is 4.79 Å². The van der Waals surface area contributed by atoms with Gasteiger partial charge in [-0.25, -0.2) is 4.79 Å². The zero-order chi connectivity index (χ0) is 27.2. The molecule has 194 valence electrons. The first-order chi connectivity index (χ1) is 19.0. The van der Waals surface area contributed by atoms with Crippen molar-refractivity contribution in [3.63, 3.8) is 0 Å². The van der Waals surface area contributed by atoms with Gasteiger partial charge in [-0.2, -0.15) is 0 Å². The minimum absolute atomic E-state index is 0.158. The normalized spacial score (nSPS) is 10.7. The Morgan fingerprint density at radius 1 is 0.846 bits per heavy atom. The van der Waals surface area contributed by atoms with Crippen molar-refractivity contribution in [3.05, 3.63) is 124 Å². The Balaban J connectivity index is 1.59. The predicted octanol–water partition coefficient (Wildman–Crippen LogP) is 7.33. The van der Waals surface area contributed by atoms with Gasteiger partial charge in [-0.15, -0.1) is 0 Å². The summed E-state index contributed by atoms with van der Waals surface area (Å²) in [4.78, 5) is 23.2. The van der Waals surface area contributed by atoms with Crippen LogP contribution in [-0.2, 0) is 13.2 Å². The highest BCUT2D eigenvalue weighted by atomic mass is 35.5. The molecule has 0 saturated heterocycles. The average Bonchev–Trinajstić information content (AvgIpc) is 3.42. The molecule has 1 aromatic heterocycles. The molecule has 0 amide bonds. The molecular formula is C31H22ClNO6. The Morgan fingerprint density at radius 2 is 1.44 bits per heavy atom. The van der Waals surface area contributed by atoms with E-state index in [0.717, 1.165) is 11.1 Å². The molecule has 0 aliphatic heterocycles. The number of hydrogen-bond acceptors (Lipinski definition) is 6. The Morgan fingerprint density at radius 3 is 2.00 bits per heavy atom. The van der Waals surface area contributed by atoms with Crippen molar-refractivity contribution in [2.75, 3.05) is 0 Å². The minimum Gasteiger partial charge on any atom is -0.488 e. The summed E-state index contributed by atoms with van der Waals surface area (Å²) in [5.74, 6) is -0.349. The molecule has 1 heterocycles. The number of rotatable bonds is 10. The van der Waals surface area contributed by atoms with Gasteiger partial charge >= 0.3 is 5.97 Å². The van der Waals surface area contributed by atoms with E-state index in [1.54, 1.807) is 36.4 Å². The van der Waals surface area contributed by atoms with Crippen molar-refractivity contribution >= 4 is 23.9 Å². The van der Waals surface area contributed by atoms with E-state index >= 15 is 0 Å². The third-order valence-corrected chi connectivity index (χ3v) is 6.28. The van der Waals surface area contributed by atoms with Gasteiger partial charge in [0.2, 0.25) is 0 Å². The molecule has 7 nitrogen and oxygen atoms in total. The van der Waals surface area contributed by atoms with E-state index in [1.807, 2.05) is 60.7 Å². The standard InChI is InChI=1S/C31H22ClNO6/c32-25-15-24(30-28(29(31(35)36)33-39-30)23-13-11-20(17-34)12-14-23)26(37-18-21-7-3-1-4-8-21)16-27(25)38-19-22-9-5-2-6-10-22/h1-17H,18-19H2,(H,35,36). The molecule has 0 radical (unpaired) electrons. The Bertz CT molecular complexity index is 1600. The molecular weight excluding hydrogens is 518 g/mol. The Labute approximate surface area is 229 Å². The Kier molecular flexibility index (Phi) is 7.70. The highest BCUT2D eigenvalue weighted by Crippen LogP contribution is 2.44. The second-order valence-electron chi connectivity index (χ2n) is 8.61. The zero-order valence-corrected chi connectivity index (χ0v) is 21.3. The van der Waals surface area contributed by atoms with Crippen molar-refractivity contribution in [2.24, 2.45) is 0 Å². The average molecular weight is 540 g/mol. The van der Waals surface area contributed by atoms with Crippen LogP contribution in [0.15, 0.2) is 102 Å². The summed E-state index contributed by atoms with van der Waals surface area (Å²) in [7, 11) is 0. The van der Waals surface area contributed by atoms with Gasteiger partial charge in [0.1, 0.15) is 31.0 Å². The number of carbonyl (C=O) groups is 2. The lowest BCUT2D eigenvalue weighted by molar-refractivity contribution is 0.0686. The van der Waals surface area contributed by atoms with Crippen LogP contribution in [0.5, 0.6) is 11.5 Å². The number of carboxylic acids is 1. The Hall–Kier alpha value is -4.88. The molecule has 0 fully saturated rings. The van der Waals surface area contributed by atoms with E-state index in [1.165, 1.54) is 0 Å². The highest BCUT2D eigenvalue weighted by molar-refractivity contribution is 6.32. The van der Waals surface area contributed by atoms with Crippen LogP contribution in [0.3, 0.4) is 0 Å². The van der Waals surface area contributed by atoms with Crippen LogP contribution in [-0.4, -0.2) is 22.5 Å². The first-order valence-electron chi connectivity index (χ1n) is 12.0. The topological polar surface area (TPSA) is 98.9 Å². The maximum Gasteiger partial charge on any atom is 0.358 e. The molecule has 0 unspecified atom stereocenters. The highest BCUT2D eigenvalue weighted by Gasteiger charge is 2.27. The molecule has 0 bridgehead atoms. The van der Waals surface area contributed by atoms with E-state index < -0.39 is 5.97 Å². The van der Waals surface area contributed by atoms with Crippen LogP contribution >= 0.6 is 11.6 Å². The van der Waals surface area contributed by atoms with E-state index in [2.05, 4.69) is 5.16 Å². The molecule has 39 heavy (non-hydrogen) atoms. The summed E-state index contributed by atoms with van der Waals surface area (Å²) in [6.45, 7) is 0.523. The predicted molar refractivity (Wildman–Crippen MR) is 146 cm³/mol. The quantitative estimate of drug-likeness (QED) is 0.185. The summed E-state index contributed by atoms with van der Waals surface area (Å²) in [5.41, 5.74) is 3.20. The molecule has 0 spiro atoms. The third-order valence-electron chi connectivity index (χ3n) is 5.98. The molecule has 1 N–H and O–H groups in total. The molecule has 0 aliphatic rings. The summed E-state index contributed by atoms with van der Waals surface area (Å²) >= 11 is 6.64. The fraction of sp³-hybridized carbons (Fsp3) is 0.0645. The number of carbonyl (C=O) groups excluding carboxylic acids is 1. The number of aldehydes is 1. The van der Waals surface area contributed by atoms with Crippen LogP contribution in [0.25, 0.3) is 22.5 Å². The van der Waals surface area contributed by atoms with Crippen molar-refractivity contribution in [1.82, 2.24) is 5.16 Å². The van der Waals surface area contributed by atoms with Gasteiger partial charge in [0.15, 0.2) is 11.5 Å². The van der Waals surface area contributed by atoms with Gasteiger partial charge in [-0.05, 0) is 22.8 Å². The second kappa shape index (κ2) is 11.7. The van der Waals surface area contributed by atoms with Crippen LogP contribution < -0.4 is 9.47 Å². The number of ether oxygens (including phenoxy) is 2. The summed E-state index contributed by atoms with van der Waals surface area (Å²) in [6.07, 6.45) is 0.708. The number of aromatic nitrogens is 1. The van der Waals surface area contributed by atoms with E-state index in [0.29, 0.717) is 34.5 Å². The lowest BCUT2D eigenvalue weighted by Gasteiger charge is -2.15. The van der Waals surface area contributed by atoms with Gasteiger partial charge in [0, 0.05) is 11.6 Å². The molecule has 8 heteroatoms. The number of nitrogens with zero attached hydrogens (tertiary/aromatic N) is 1. The molecule has 5 rings (SSSR count). The lowest BCUT2D eigenvalue weighted by atomic mass is 9.98. The van der Waals surface area contributed by atoms with Crippen molar-refractivity contribution in [2.45, 2.75) is 13.2 Å². The van der Waals surface area contributed by atoms with Crippen LogP contribution in [0, 0.1) is 0 Å². The fourth-order valence-corrected chi connectivity index (χ4v) is 4.25. The van der Waals surface area contributed by atoms with E-state index in [4.69, 9.17) is 25.6 Å². The maximum absolute atomic E-state index is 12.0. The number of aromatic carboxylic acids is 1. The first-order valence-corrected chi connectivity index (χ1v) is 12.4. The summed E-state index contributed by atoms with van der Waals surface area (Å²) in [5, 5.41) is 13.9. The first kappa shape index (κ1) is 25.8. The van der Waals surface area contributed by atoms with Gasteiger partial charge in [-0.1, -0.05) is 102 Å². The number of benzene rings is 4. The maximum atomic E-state index is 12.0. The summed E-state index contributed by atoms with van der Waals surface area (Å²) < 4.78 is 17.8. The molecule has 5 aromatic rings. The smallest absolute Gasteiger partial charge is 0.358 e.